The molecule has 0 aliphatic heterocycles. The van der Waals surface area contributed by atoms with E-state index in [0.717, 1.165) is 40.7 Å². The second-order valence-corrected chi connectivity index (χ2v) is 9.03. The normalized spacial score (nSPS) is 13.1. The first-order chi connectivity index (χ1) is 18.4. The van der Waals surface area contributed by atoms with Gasteiger partial charge < -0.3 is 16.8 Å². The minimum atomic E-state index is -0.572. The topological polar surface area (TPSA) is 155 Å². The lowest BCUT2D eigenvalue weighted by Gasteiger charge is -2.22. The van der Waals surface area contributed by atoms with Crippen LogP contribution in [0.25, 0.3) is 22.3 Å². The van der Waals surface area contributed by atoms with Gasteiger partial charge in [-0.2, -0.15) is 5.10 Å². The molecule has 0 unspecified atom stereocenters. The first kappa shape index (κ1) is 26.3. The predicted octanol–water partition coefficient (Wildman–Crippen LogP) is 4.03. The Hall–Kier alpha value is -4.78. The number of fused-ring (bicyclic) bond motifs is 1. The standard InChI is InChI=1S/C24H25N7O.C4H5NO/c1-15-11-12-26-19(13-15)29-24(32)17-9-7-16(8-10-17)21-20-22(25)27-14-28-23(20)31(30-21)18-5-3-2-4-6-18;1-2-3-4(5)6/h7-14,18H,2-6H2,1H3,(H2,25,27,28)(H,26,29,32);1H3,(H2,5,6). The van der Waals surface area contributed by atoms with Crippen molar-refractivity contribution in [3.63, 3.8) is 0 Å². The summed E-state index contributed by atoms with van der Waals surface area (Å²) < 4.78 is 2.02. The van der Waals surface area contributed by atoms with Crippen molar-refractivity contribution in [2.75, 3.05) is 11.1 Å². The minimum absolute atomic E-state index is 0.213. The molecule has 2 amide bonds. The summed E-state index contributed by atoms with van der Waals surface area (Å²) in [6.07, 6.45) is 9.01. The maximum Gasteiger partial charge on any atom is 0.293 e. The first-order valence-electron chi connectivity index (χ1n) is 12.4. The molecule has 10 heteroatoms. The molecule has 3 heterocycles. The van der Waals surface area contributed by atoms with Crippen molar-refractivity contribution in [2.45, 2.75) is 52.0 Å². The van der Waals surface area contributed by atoms with Crippen molar-refractivity contribution in [2.24, 2.45) is 5.73 Å². The van der Waals surface area contributed by atoms with Gasteiger partial charge in [-0.15, -0.1) is 0 Å². The molecule has 0 bridgehead atoms. The van der Waals surface area contributed by atoms with Crippen LogP contribution in [0.1, 0.15) is 61.0 Å². The van der Waals surface area contributed by atoms with Crippen LogP contribution in [0, 0.1) is 18.8 Å². The quantitative estimate of drug-likeness (QED) is 0.350. The van der Waals surface area contributed by atoms with E-state index in [1.165, 1.54) is 25.6 Å². The van der Waals surface area contributed by atoms with Crippen LogP contribution in [-0.4, -0.2) is 36.5 Å². The second-order valence-electron chi connectivity index (χ2n) is 9.03. The van der Waals surface area contributed by atoms with Gasteiger partial charge in [-0.3, -0.25) is 9.59 Å². The number of amides is 2. The molecule has 5 N–H and O–H groups in total. The lowest BCUT2D eigenvalue weighted by molar-refractivity contribution is -0.112. The van der Waals surface area contributed by atoms with E-state index >= 15 is 0 Å². The maximum absolute atomic E-state index is 12.6. The Balaban J connectivity index is 0.000000505. The molecule has 0 atom stereocenters. The van der Waals surface area contributed by atoms with E-state index in [1.54, 1.807) is 25.3 Å². The minimum Gasteiger partial charge on any atom is -0.383 e. The Labute approximate surface area is 220 Å². The van der Waals surface area contributed by atoms with Gasteiger partial charge >= 0.3 is 0 Å². The number of hydrogen-bond donors (Lipinski definition) is 3. The number of nitrogens with zero attached hydrogens (tertiary/aromatic N) is 5. The van der Waals surface area contributed by atoms with E-state index < -0.39 is 5.91 Å². The van der Waals surface area contributed by atoms with Gasteiger partial charge in [0.05, 0.1) is 11.4 Å². The van der Waals surface area contributed by atoms with Gasteiger partial charge in [-0.05, 0) is 62.4 Å². The maximum atomic E-state index is 12.6. The lowest BCUT2D eigenvalue weighted by Crippen LogP contribution is -2.14. The number of anilines is 2. The molecule has 38 heavy (non-hydrogen) atoms. The van der Waals surface area contributed by atoms with Crippen LogP contribution in [0.3, 0.4) is 0 Å². The van der Waals surface area contributed by atoms with E-state index in [9.17, 15) is 9.59 Å². The van der Waals surface area contributed by atoms with Crippen molar-refractivity contribution >= 4 is 34.5 Å². The van der Waals surface area contributed by atoms with Gasteiger partial charge in [0, 0.05) is 17.3 Å². The average molecular weight is 511 g/mol. The average Bonchev–Trinajstić information content (AvgIpc) is 3.31. The number of carbonyl (C=O) groups excluding carboxylic acids is 2. The Bertz CT molecular complexity index is 1510. The number of pyridine rings is 1. The Morgan fingerprint density at radius 3 is 2.42 bits per heavy atom. The summed E-state index contributed by atoms with van der Waals surface area (Å²) >= 11 is 0. The highest BCUT2D eigenvalue weighted by molar-refractivity contribution is 6.04. The highest BCUT2D eigenvalue weighted by atomic mass is 16.2. The predicted molar refractivity (Wildman–Crippen MR) is 147 cm³/mol. The summed E-state index contributed by atoms with van der Waals surface area (Å²) in [7, 11) is 0. The molecule has 194 valence electrons. The number of aromatic nitrogens is 5. The number of nitrogens with two attached hydrogens (primary N) is 2. The zero-order chi connectivity index (χ0) is 27.1. The number of hydrogen-bond acceptors (Lipinski definition) is 7. The van der Waals surface area contributed by atoms with Crippen molar-refractivity contribution in [3.05, 3.63) is 60.0 Å². The van der Waals surface area contributed by atoms with Gasteiger partial charge in [-0.25, -0.2) is 19.6 Å². The fraction of sp³-hybridized carbons (Fsp3) is 0.286. The molecule has 0 spiro atoms. The second kappa shape index (κ2) is 12.0. The molecular formula is C28H30N8O2. The molecule has 1 fully saturated rings. The van der Waals surface area contributed by atoms with Crippen molar-refractivity contribution in [1.82, 2.24) is 24.7 Å². The van der Waals surface area contributed by atoms with Gasteiger partial charge in [0.15, 0.2) is 5.65 Å². The van der Waals surface area contributed by atoms with Crippen molar-refractivity contribution in [1.29, 1.82) is 0 Å². The van der Waals surface area contributed by atoms with Crippen LogP contribution in [0.2, 0.25) is 0 Å². The van der Waals surface area contributed by atoms with Crippen LogP contribution < -0.4 is 16.8 Å². The molecule has 1 aliphatic carbocycles. The SMILES string of the molecule is CC#CC(N)=O.Cc1ccnc(NC(=O)c2ccc(-c3nn(C4CCCCC4)c4ncnc(N)c34)cc2)c1. The molecular weight excluding hydrogens is 480 g/mol. The van der Waals surface area contributed by atoms with Crippen molar-refractivity contribution < 1.29 is 9.59 Å². The van der Waals surface area contributed by atoms with E-state index in [2.05, 4.69) is 37.8 Å². The molecule has 1 saturated carbocycles. The monoisotopic (exact) mass is 510 g/mol. The summed E-state index contributed by atoms with van der Waals surface area (Å²) in [5.41, 5.74) is 14.8. The van der Waals surface area contributed by atoms with Crippen molar-refractivity contribution in [3.8, 4) is 23.1 Å². The summed E-state index contributed by atoms with van der Waals surface area (Å²) in [6, 6.07) is 11.4. The first-order valence-corrected chi connectivity index (χ1v) is 12.4. The Morgan fingerprint density at radius 1 is 1.05 bits per heavy atom. The van der Waals surface area contributed by atoms with Crippen LogP contribution in [-0.2, 0) is 4.79 Å². The highest BCUT2D eigenvalue weighted by Crippen LogP contribution is 2.35. The zero-order valence-corrected chi connectivity index (χ0v) is 21.4. The van der Waals surface area contributed by atoms with Crippen LogP contribution in [0.15, 0.2) is 48.9 Å². The Kier molecular flexibility index (Phi) is 8.28. The smallest absolute Gasteiger partial charge is 0.293 e. The van der Waals surface area contributed by atoms with Gasteiger partial charge in [0.1, 0.15) is 23.7 Å². The molecule has 0 radical (unpaired) electrons. The summed E-state index contributed by atoms with van der Waals surface area (Å²) in [4.78, 5) is 35.2. The largest absolute Gasteiger partial charge is 0.383 e. The number of rotatable bonds is 4. The van der Waals surface area contributed by atoms with E-state index in [4.69, 9.17) is 10.8 Å². The summed E-state index contributed by atoms with van der Waals surface area (Å²) in [6.45, 7) is 3.52. The highest BCUT2D eigenvalue weighted by Gasteiger charge is 2.23. The number of benzene rings is 1. The van der Waals surface area contributed by atoms with Crippen LogP contribution in [0.5, 0.6) is 0 Å². The van der Waals surface area contributed by atoms with Gasteiger partial charge in [-0.1, -0.05) is 37.3 Å². The van der Waals surface area contributed by atoms with E-state index in [-0.39, 0.29) is 5.91 Å². The Morgan fingerprint density at radius 2 is 1.79 bits per heavy atom. The number of nitrogens with one attached hydrogen (secondary N) is 1. The van der Waals surface area contributed by atoms with E-state index in [0.29, 0.717) is 23.2 Å². The fourth-order valence-corrected chi connectivity index (χ4v) is 4.47. The third kappa shape index (κ3) is 6.13. The molecule has 10 nitrogen and oxygen atoms in total. The molecule has 1 aromatic carbocycles. The molecule has 3 aromatic heterocycles. The molecule has 1 aliphatic rings. The number of nitrogen functional groups attached to an aromatic ring is 1. The summed E-state index contributed by atoms with van der Waals surface area (Å²) in [5.74, 6) is 4.60. The molecule has 0 saturated heterocycles. The zero-order valence-electron chi connectivity index (χ0n) is 21.4. The lowest BCUT2D eigenvalue weighted by atomic mass is 9.96. The third-order valence-corrected chi connectivity index (χ3v) is 6.26. The van der Waals surface area contributed by atoms with Crippen LogP contribution in [0.4, 0.5) is 11.6 Å². The number of carbonyl (C=O) groups is 2. The summed E-state index contributed by atoms with van der Waals surface area (Å²) in [5, 5.41) is 8.52. The fourth-order valence-electron chi connectivity index (χ4n) is 4.47. The molecule has 4 aromatic rings. The van der Waals surface area contributed by atoms with Gasteiger partial charge in [0.2, 0.25) is 0 Å². The third-order valence-electron chi connectivity index (χ3n) is 6.26. The van der Waals surface area contributed by atoms with Crippen LogP contribution >= 0.6 is 0 Å². The van der Waals surface area contributed by atoms with Gasteiger partial charge in [0.25, 0.3) is 11.8 Å². The molecule has 5 rings (SSSR count). The van der Waals surface area contributed by atoms with E-state index in [1.807, 2.05) is 35.9 Å². The number of primary amides is 1. The number of aryl methyl sites for hydroxylation is 1.